The lowest BCUT2D eigenvalue weighted by atomic mass is 10.1. The van der Waals surface area contributed by atoms with Crippen LogP contribution in [0.2, 0.25) is 0 Å². The number of benzene rings is 1. The van der Waals surface area contributed by atoms with E-state index in [0.717, 1.165) is 5.56 Å². The van der Waals surface area contributed by atoms with Crippen molar-refractivity contribution in [1.29, 1.82) is 5.41 Å². The topological polar surface area (TPSA) is 139 Å². The zero-order chi connectivity index (χ0) is 12.7. The van der Waals surface area contributed by atoms with Gasteiger partial charge in [-0.3, -0.25) is 5.41 Å². The summed E-state index contributed by atoms with van der Waals surface area (Å²) in [5.41, 5.74) is 16.7. The molecular formula is C10H13N7. The number of rotatable bonds is 3. The summed E-state index contributed by atoms with van der Waals surface area (Å²) in [4.78, 5) is 3.63. The van der Waals surface area contributed by atoms with Gasteiger partial charge in [0.25, 0.3) is 0 Å². The Morgan fingerprint density at radius 1 is 1.06 bits per heavy atom. The van der Waals surface area contributed by atoms with Crippen LogP contribution in [0.5, 0.6) is 0 Å². The van der Waals surface area contributed by atoms with E-state index in [-0.39, 0.29) is 11.9 Å². The number of guanidine groups is 2. The Kier molecular flexibility index (Phi) is 4.37. The molecule has 0 radical (unpaired) electrons. The lowest BCUT2D eigenvalue weighted by Gasteiger charge is -1.98. The molecule has 0 aliphatic rings. The van der Waals surface area contributed by atoms with E-state index in [1.54, 1.807) is 0 Å². The zero-order valence-corrected chi connectivity index (χ0v) is 9.04. The Balaban J connectivity index is 3.07. The second-order valence-electron chi connectivity index (χ2n) is 3.02. The van der Waals surface area contributed by atoms with E-state index < -0.39 is 0 Å². The first-order valence-electron chi connectivity index (χ1n) is 4.69. The predicted octanol–water partition coefficient (Wildman–Crippen LogP) is -0.372. The van der Waals surface area contributed by atoms with Gasteiger partial charge in [-0.2, -0.15) is 0 Å². The molecule has 0 heterocycles. The minimum absolute atomic E-state index is 0.158. The van der Waals surface area contributed by atoms with Crippen molar-refractivity contribution in [3.63, 3.8) is 0 Å². The first kappa shape index (κ1) is 12.4. The number of hydrogen-bond donors (Lipinski definition) is 4. The van der Waals surface area contributed by atoms with Crippen molar-refractivity contribution in [3.8, 4) is 0 Å². The molecule has 1 aromatic rings. The van der Waals surface area contributed by atoms with E-state index in [9.17, 15) is 0 Å². The quantitative estimate of drug-likeness (QED) is 0.320. The van der Waals surface area contributed by atoms with E-state index in [1.807, 2.05) is 30.3 Å². The fourth-order valence-corrected chi connectivity index (χ4v) is 1.01. The summed E-state index contributed by atoms with van der Waals surface area (Å²) in [5.74, 6) is -0.479. The third-order valence-corrected chi connectivity index (χ3v) is 1.67. The van der Waals surface area contributed by atoms with Crippen LogP contribution in [0.15, 0.2) is 45.5 Å². The lowest BCUT2D eigenvalue weighted by molar-refractivity contribution is 1.21. The fraction of sp³-hybridized carbons (Fsp3) is 0. The summed E-state index contributed by atoms with van der Waals surface area (Å²) in [6.45, 7) is 0. The van der Waals surface area contributed by atoms with E-state index in [1.165, 1.54) is 6.21 Å². The molecule has 0 bridgehead atoms. The number of nitrogens with zero attached hydrogens (tertiary/aromatic N) is 3. The Hall–Kier alpha value is -2.70. The number of hydrogen-bond acceptors (Lipinski definition) is 3. The summed E-state index contributed by atoms with van der Waals surface area (Å²) in [6, 6.07) is 9.16. The second-order valence-corrected chi connectivity index (χ2v) is 3.02. The van der Waals surface area contributed by atoms with Crippen LogP contribution in [-0.4, -0.2) is 23.8 Å². The maximum Gasteiger partial charge on any atom is 0.212 e. The van der Waals surface area contributed by atoms with Gasteiger partial charge in [-0.25, -0.2) is 4.99 Å². The molecule has 0 aliphatic carbocycles. The van der Waals surface area contributed by atoms with E-state index in [2.05, 4.69) is 15.2 Å². The molecule has 7 heteroatoms. The van der Waals surface area contributed by atoms with E-state index in [0.29, 0.717) is 5.71 Å². The molecule has 1 rings (SSSR count). The molecule has 0 fully saturated rings. The zero-order valence-electron chi connectivity index (χ0n) is 9.04. The number of nitrogens with two attached hydrogens (primary N) is 3. The highest BCUT2D eigenvalue weighted by atomic mass is 15.3. The maximum atomic E-state index is 7.01. The predicted molar refractivity (Wildman–Crippen MR) is 69.2 cm³/mol. The van der Waals surface area contributed by atoms with Gasteiger partial charge in [0.15, 0.2) is 0 Å². The normalized spacial score (nSPS) is 11.4. The monoisotopic (exact) mass is 231 g/mol. The summed E-state index contributed by atoms with van der Waals surface area (Å²) >= 11 is 0. The fourth-order valence-electron chi connectivity index (χ4n) is 1.01. The molecule has 0 saturated heterocycles. The molecule has 7 nitrogen and oxygen atoms in total. The number of aliphatic imine (C=N–C) groups is 1. The molecule has 88 valence electrons. The standard InChI is InChI=1S/C10H13N7/c11-9(12)15-6-8(16-17-10(13)14)7-4-2-1-3-5-7/h1-6H,(H3,11,12)(H4,13,14,17)/b15-6-,16-8-. The highest BCUT2D eigenvalue weighted by Gasteiger charge is 1.99. The number of nitrogens with one attached hydrogen (secondary N) is 1. The first-order chi connectivity index (χ1) is 8.09. The second kappa shape index (κ2) is 6.01. The van der Waals surface area contributed by atoms with Crippen molar-refractivity contribution in [2.24, 2.45) is 32.4 Å². The van der Waals surface area contributed by atoms with E-state index in [4.69, 9.17) is 22.6 Å². The van der Waals surface area contributed by atoms with Gasteiger partial charge in [0.1, 0.15) is 5.71 Å². The van der Waals surface area contributed by atoms with Gasteiger partial charge >= 0.3 is 0 Å². The molecule has 0 unspecified atom stereocenters. The van der Waals surface area contributed by atoms with Gasteiger partial charge in [-0.1, -0.05) is 30.3 Å². The summed E-state index contributed by atoms with van der Waals surface area (Å²) in [5, 5.41) is 14.4. The average Bonchev–Trinajstić information content (AvgIpc) is 2.29. The van der Waals surface area contributed by atoms with Crippen LogP contribution in [0.4, 0.5) is 0 Å². The SMILES string of the molecule is N=C(N)/N=C\C(=N\N=C(N)N)c1ccccc1. The van der Waals surface area contributed by atoms with Crippen molar-refractivity contribution in [2.75, 3.05) is 0 Å². The molecular weight excluding hydrogens is 218 g/mol. The van der Waals surface area contributed by atoms with Gasteiger partial charge in [-0.15, -0.1) is 10.2 Å². The minimum atomic E-state index is -0.321. The van der Waals surface area contributed by atoms with Crippen LogP contribution in [0.25, 0.3) is 0 Å². The van der Waals surface area contributed by atoms with Gasteiger partial charge < -0.3 is 17.2 Å². The van der Waals surface area contributed by atoms with E-state index >= 15 is 0 Å². The Morgan fingerprint density at radius 2 is 1.71 bits per heavy atom. The van der Waals surface area contributed by atoms with Crippen molar-refractivity contribution in [2.45, 2.75) is 0 Å². The molecule has 7 N–H and O–H groups in total. The Labute approximate surface area is 98.3 Å². The van der Waals surface area contributed by atoms with Gasteiger partial charge in [0, 0.05) is 5.56 Å². The molecule has 1 aromatic carbocycles. The Bertz CT molecular complexity index is 469. The third-order valence-electron chi connectivity index (χ3n) is 1.67. The molecule has 0 spiro atoms. The molecule has 0 atom stereocenters. The third kappa shape index (κ3) is 4.56. The van der Waals surface area contributed by atoms with Crippen molar-refractivity contribution in [1.82, 2.24) is 0 Å². The molecule has 0 amide bonds. The minimum Gasteiger partial charge on any atom is -0.369 e. The highest BCUT2D eigenvalue weighted by molar-refractivity contribution is 6.39. The Morgan fingerprint density at radius 3 is 2.24 bits per heavy atom. The van der Waals surface area contributed by atoms with Gasteiger partial charge in [-0.05, 0) is 0 Å². The van der Waals surface area contributed by atoms with Crippen LogP contribution < -0.4 is 17.2 Å². The molecule has 0 saturated carbocycles. The molecule has 0 aliphatic heterocycles. The highest BCUT2D eigenvalue weighted by Crippen LogP contribution is 2.00. The summed E-state index contributed by atoms with van der Waals surface area (Å²) < 4.78 is 0. The smallest absolute Gasteiger partial charge is 0.212 e. The van der Waals surface area contributed by atoms with Crippen LogP contribution in [0.1, 0.15) is 5.56 Å². The van der Waals surface area contributed by atoms with Crippen molar-refractivity contribution < 1.29 is 0 Å². The molecule has 17 heavy (non-hydrogen) atoms. The lowest BCUT2D eigenvalue weighted by Crippen LogP contribution is -2.22. The van der Waals surface area contributed by atoms with Crippen LogP contribution in [0.3, 0.4) is 0 Å². The summed E-state index contributed by atoms with van der Waals surface area (Å²) in [6.07, 6.45) is 1.32. The van der Waals surface area contributed by atoms with Crippen LogP contribution >= 0.6 is 0 Å². The molecule has 0 aromatic heterocycles. The average molecular weight is 231 g/mol. The van der Waals surface area contributed by atoms with Crippen molar-refractivity contribution >= 4 is 23.8 Å². The van der Waals surface area contributed by atoms with Gasteiger partial charge in [0.2, 0.25) is 11.9 Å². The van der Waals surface area contributed by atoms with Crippen LogP contribution in [0, 0.1) is 5.41 Å². The van der Waals surface area contributed by atoms with Crippen LogP contribution in [-0.2, 0) is 0 Å². The first-order valence-corrected chi connectivity index (χ1v) is 4.69. The largest absolute Gasteiger partial charge is 0.369 e. The van der Waals surface area contributed by atoms with Gasteiger partial charge in [0.05, 0.1) is 6.21 Å². The maximum absolute atomic E-state index is 7.01. The summed E-state index contributed by atoms with van der Waals surface area (Å²) in [7, 11) is 0. The van der Waals surface area contributed by atoms with Crippen molar-refractivity contribution in [3.05, 3.63) is 35.9 Å².